The molecule has 0 aliphatic heterocycles. The van der Waals surface area contributed by atoms with Crippen molar-refractivity contribution in [3.63, 3.8) is 0 Å². The fourth-order valence-electron chi connectivity index (χ4n) is 5.35. The quantitative estimate of drug-likeness (QED) is 0.532. The second-order valence-corrected chi connectivity index (χ2v) is 11.5. The van der Waals surface area contributed by atoms with E-state index in [1.807, 2.05) is 102 Å². The smallest absolute Gasteiger partial charge is 0.225 e. The van der Waals surface area contributed by atoms with E-state index in [1.54, 1.807) is 0 Å². The number of rotatable bonds is 10. The number of amides is 2. The van der Waals surface area contributed by atoms with Crippen LogP contribution in [0.1, 0.15) is 59.1 Å². The number of benzene rings is 2. The van der Waals surface area contributed by atoms with Crippen molar-refractivity contribution in [2.45, 2.75) is 60.8 Å². The molecular weight excluding hydrogens is 424 g/mol. The molecule has 0 spiro atoms. The van der Waals surface area contributed by atoms with Crippen molar-refractivity contribution in [2.75, 3.05) is 0 Å². The fourth-order valence-corrected chi connectivity index (χ4v) is 5.35. The lowest BCUT2D eigenvalue weighted by Crippen LogP contribution is -2.59. The molecule has 5 nitrogen and oxygen atoms in total. The normalized spacial score (nSPS) is 15.7. The highest BCUT2D eigenvalue weighted by Crippen LogP contribution is 2.54. The Hall–Kier alpha value is -2.95. The van der Waals surface area contributed by atoms with Crippen molar-refractivity contribution >= 4 is 17.6 Å². The summed E-state index contributed by atoms with van der Waals surface area (Å²) in [5, 5.41) is 0. The Morgan fingerprint density at radius 2 is 1.24 bits per heavy atom. The minimum atomic E-state index is -1.17. The number of Topliss-reactive ketones (excluding diaryl/α,β-unsaturated/α-hetero) is 1. The van der Waals surface area contributed by atoms with Crippen LogP contribution in [0.4, 0.5) is 0 Å². The molecule has 3 atom stereocenters. The first-order chi connectivity index (χ1) is 15.7. The molecule has 2 amide bonds. The minimum absolute atomic E-state index is 0.0357. The molecule has 5 heteroatoms. The third-order valence-electron chi connectivity index (χ3n) is 6.96. The van der Waals surface area contributed by atoms with Crippen molar-refractivity contribution in [1.82, 2.24) is 0 Å². The first kappa shape index (κ1) is 27.3. The second-order valence-electron chi connectivity index (χ2n) is 11.5. The van der Waals surface area contributed by atoms with Gasteiger partial charge in [-0.3, -0.25) is 14.4 Å². The Morgan fingerprint density at radius 3 is 1.62 bits per heavy atom. The standard InChI is InChI=1S/C29H40N2O3/c1-27(2,3)24(23(32)18-22(25(30)33)17-20-13-9-7-10-14-20)29(26(31)34,28(4,5)6)19-21-15-11-8-12-16-21/h7-16,22,24H,17-19H2,1-6H3,(H2,30,33)(H2,31,34). The molecule has 0 aliphatic rings. The maximum atomic E-state index is 14.1. The molecule has 0 radical (unpaired) electrons. The summed E-state index contributed by atoms with van der Waals surface area (Å²) in [5.74, 6) is -2.56. The molecule has 184 valence electrons. The molecule has 0 bridgehead atoms. The zero-order chi connectivity index (χ0) is 25.7. The highest BCUT2D eigenvalue weighted by atomic mass is 16.2. The van der Waals surface area contributed by atoms with Crippen LogP contribution in [0.5, 0.6) is 0 Å². The summed E-state index contributed by atoms with van der Waals surface area (Å²) in [5.41, 5.74) is 11.4. The van der Waals surface area contributed by atoms with Crippen LogP contribution in [0, 0.1) is 28.1 Å². The highest BCUT2D eigenvalue weighted by molar-refractivity contribution is 5.94. The van der Waals surface area contributed by atoms with E-state index in [1.165, 1.54) is 0 Å². The van der Waals surface area contributed by atoms with Gasteiger partial charge in [-0.05, 0) is 34.8 Å². The van der Waals surface area contributed by atoms with Gasteiger partial charge in [0.1, 0.15) is 5.78 Å². The first-order valence-electron chi connectivity index (χ1n) is 11.9. The molecule has 0 saturated heterocycles. The lowest BCUT2D eigenvalue weighted by Gasteiger charge is -2.52. The molecule has 34 heavy (non-hydrogen) atoms. The van der Waals surface area contributed by atoms with E-state index in [2.05, 4.69) is 0 Å². The van der Waals surface area contributed by atoms with Gasteiger partial charge in [0.05, 0.1) is 5.41 Å². The van der Waals surface area contributed by atoms with Crippen molar-refractivity contribution in [3.8, 4) is 0 Å². The molecule has 0 aliphatic carbocycles. The molecule has 0 saturated carbocycles. The fraction of sp³-hybridized carbons (Fsp3) is 0.483. The molecule has 2 aromatic rings. The van der Waals surface area contributed by atoms with Crippen LogP contribution in [0.15, 0.2) is 60.7 Å². The summed E-state index contributed by atoms with van der Waals surface area (Å²) in [7, 11) is 0. The number of carbonyl (C=O) groups is 3. The van der Waals surface area contributed by atoms with Gasteiger partial charge in [-0.15, -0.1) is 0 Å². The maximum absolute atomic E-state index is 14.1. The molecule has 2 aromatic carbocycles. The van der Waals surface area contributed by atoms with Crippen LogP contribution in [-0.2, 0) is 27.2 Å². The van der Waals surface area contributed by atoms with E-state index < -0.39 is 39.9 Å². The predicted molar refractivity (Wildman–Crippen MR) is 137 cm³/mol. The van der Waals surface area contributed by atoms with E-state index in [0.29, 0.717) is 12.8 Å². The number of ketones is 1. The number of carbonyl (C=O) groups excluding carboxylic acids is 3. The maximum Gasteiger partial charge on any atom is 0.225 e. The van der Waals surface area contributed by atoms with Crippen LogP contribution in [0.25, 0.3) is 0 Å². The summed E-state index contributed by atoms with van der Waals surface area (Å²) < 4.78 is 0. The summed E-state index contributed by atoms with van der Waals surface area (Å²) in [4.78, 5) is 39.8. The van der Waals surface area contributed by atoms with E-state index in [0.717, 1.165) is 11.1 Å². The number of primary amides is 2. The van der Waals surface area contributed by atoms with Gasteiger partial charge in [-0.1, -0.05) is 102 Å². The van der Waals surface area contributed by atoms with E-state index in [9.17, 15) is 14.4 Å². The zero-order valence-electron chi connectivity index (χ0n) is 21.4. The van der Waals surface area contributed by atoms with Crippen LogP contribution < -0.4 is 11.5 Å². The van der Waals surface area contributed by atoms with Gasteiger partial charge >= 0.3 is 0 Å². The van der Waals surface area contributed by atoms with E-state index in [4.69, 9.17) is 11.5 Å². The Bertz CT molecular complexity index is 988. The molecule has 0 aromatic heterocycles. The third-order valence-corrected chi connectivity index (χ3v) is 6.96. The minimum Gasteiger partial charge on any atom is -0.369 e. The van der Waals surface area contributed by atoms with Gasteiger partial charge in [0.25, 0.3) is 0 Å². The summed E-state index contributed by atoms with van der Waals surface area (Å²) in [6.07, 6.45) is 0.670. The number of hydrogen-bond acceptors (Lipinski definition) is 3. The highest BCUT2D eigenvalue weighted by Gasteiger charge is 2.58. The number of nitrogens with two attached hydrogens (primary N) is 2. The first-order valence-corrected chi connectivity index (χ1v) is 11.9. The van der Waals surface area contributed by atoms with Crippen LogP contribution >= 0.6 is 0 Å². The third kappa shape index (κ3) is 6.13. The van der Waals surface area contributed by atoms with Gasteiger partial charge in [0, 0.05) is 18.3 Å². The predicted octanol–water partition coefficient (Wildman–Crippen LogP) is 4.71. The second kappa shape index (κ2) is 10.5. The molecular formula is C29H40N2O3. The summed E-state index contributed by atoms with van der Waals surface area (Å²) in [6, 6.07) is 19.2. The van der Waals surface area contributed by atoms with Crippen LogP contribution in [0.3, 0.4) is 0 Å². The monoisotopic (exact) mass is 464 g/mol. The lowest BCUT2D eigenvalue weighted by molar-refractivity contribution is -0.156. The van der Waals surface area contributed by atoms with Gasteiger partial charge in [-0.2, -0.15) is 0 Å². The Balaban J connectivity index is 2.57. The van der Waals surface area contributed by atoms with Crippen molar-refractivity contribution in [2.24, 2.45) is 39.5 Å². The van der Waals surface area contributed by atoms with Crippen molar-refractivity contribution in [1.29, 1.82) is 0 Å². The van der Waals surface area contributed by atoms with Gasteiger partial charge < -0.3 is 11.5 Å². The average Bonchev–Trinajstić information content (AvgIpc) is 2.72. The Labute approximate surface area is 204 Å². The lowest BCUT2D eigenvalue weighted by atomic mass is 9.50. The average molecular weight is 465 g/mol. The summed E-state index contributed by atoms with van der Waals surface area (Å²) in [6.45, 7) is 11.8. The summed E-state index contributed by atoms with van der Waals surface area (Å²) >= 11 is 0. The van der Waals surface area contributed by atoms with Crippen LogP contribution in [0.2, 0.25) is 0 Å². The topological polar surface area (TPSA) is 103 Å². The molecule has 4 N–H and O–H groups in total. The SMILES string of the molecule is CC(C)(C)C(C(=O)CC(Cc1ccccc1)C(N)=O)C(Cc1ccccc1)(C(N)=O)C(C)(C)C. The van der Waals surface area contributed by atoms with Gasteiger partial charge in [-0.25, -0.2) is 0 Å². The largest absolute Gasteiger partial charge is 0.369 e. The van der Waals surface area contributed by atoms with Crippen LogP contribution in [-0.4, -0.2) is 17.6 Å². The Kier molecular flexibility index (Phi) is 8.46. The molecule has 3 unspecified atom stereocenters. The van der Waals surface area contributed by atoms with E-state index >= 15 is 0 Å². The zero-order valence-corrected chi connectivity index (χ0v) is 21.4. The molecule has 0 fully saturated rings. The molecule has 2 rings (SSSR count). The van der Waals surface area contributed by atoms with Crippen molar-refractivity contribution < 1.29 is 14.4 Å². The van der Waals surface area contributed by atoms with Crippen molar-refractivity contribution in [3.05, 3.63) is 71.8 Å². The number of hydrogen-bond donors (Lipinski definition) is 2. The van der Waals surface area contributed by atoms with Gasteiger partial charge in [0.15, 0.2) is 0 Å². The Morgan fingerprint density at radius 1 is 0.765 bits per heavy atom. The van der Waals surface area contributed by atoms with Gasteiger partial charge in [0.2, 0.25) is 11.8 Å². The molecule has 0 heterocycles. The van der Waals surface area contributed by atoms with E-state index in [-0.39, 0.29) is 12.2 Å².